The first-order valence-electron chi connectivity index (χ1n) is 21.3. The van der Waals surface area contributed by atoms with Crippen LogP contribution in [-0.2, 0) is 26.3 Å². The molecule has 16 heteroatoms. The van der Waals surface area contributed by atoms with Gasteiger partial charge in [-0.25, -0.2) is 9.97 Å². The lowest BCUT2D eigenvalue weighted by Crippen LogP contribution is -2.62. The van der Waals surface area contributed by atoms with Crippen LogP contribution in [0.1, 0.15) is 68.8 Å². The number of nitrogens with zero attached hydrogens (tertiary/aromatic N) is 8. The summed E-state index contributed by atoms with van der Waals surface area (Å²) in [6.07, 6.45) is 4.27. The van der Waals surface area contributed by atoms with Gasteiger partial charge in [0.15, 0.2) is 0 Å². The van der Waals surface area contributed by atoms with Crippen molar-refractivity contribution in [3.05, 3.63) is 111 Å². The van der Waals surface area contributed by atoms with Crippen LogP contribution >= 0.6 is 11.6 Å². The van der Waals surface area contributed by atoms with Crippen molar-refractivity contribution in [1.82, 2.24) is 30.0 Å². The van der Waals surface area contributed by atoms with Gasteiger partial charge in [-0.3, -0.25) is 39.2 Å². The first kappa shape index (κ1) is 40.2. The van der Waals surface area contributed by atoms with Crippen LogP contribution in [0.2, 0.25) is 5.02 Å². The van der Waals surface area contributed by atoms with Crippen molar-refractivity contribution in [2.75, 3.05) is 75.4 Å². The van der Waals surface area contributed by atoms with Crippen LogP contribution in [0.3, 0.4) is 0 Å². The highest BCUT2D eigenvalue weighted by Crippen LogP contribution is 2.41. The van der Waals surface area contributed by atoms with Crippen LogP contribution in [0.25, 0.3) is 0 Å². The molecule has 10 rings (SSSR count). The lowest BCUT2D eigenvalue weighted by atomic mass is 9.72. The van der Waals surface area contributed by atoms with E-state index in [4.69, 9.17) is 26.1 Å². The Morgan fingerprint density at radius 1 is 0.806 bits per heavy atom. The van der Waals surface area contributed by atoms with Gasteiger partial charge in [-0.05, 0) is 85.0 Å². The van der Waals surface area contributed by atoms with Crippen molar-refractivity contribution in [2.24, 2.45) is 0 Å². The fourth-order valence-electron chi connectivity index (χ4n) is 9.84. The minimum absolute atomic E-state index is 0.0958. The molecule has 4 aromatic rings. The van der Waals surface area contributed by atoms with Gasteiger partial charge in [0.05, 0.1) is 47.1 Å². The molecular formula is C46H46ClN9O6. The number of benzene rings is 3. The van der Waals surface area contributed by atoms with Crippen molar-refractivity contribution >= 4 is 46.9 Å². The molecule has 1 N–H and O–H groups in total. The summed E-state index contributed by atoms with van der Waals surface area (Å²) >= 11 is 6.35. The van der Waals surface area contributed by atoms with Gasteiger partial charge in [-0.2, -0.15) is 5.26 Å². The van der Waals surface area contributed by atoms with E-state index in [0.29, 0.717) is 53.6 Å². The molecule has 15 nitrogen and oxygen atoms in total. The number of anilines is 2. The molecule has 5 fully saturated rings. The normalized spacial score (nSPS) is 22.2. The number of carbonyl (C=O) groups is 4. The molecule has 6 aliphatic heterocycles. The van der Waals surface area contributed by atoms with Crippen LogP contribution in [0.5, 0.6) is 5.75 Å². The van der Waals surface area contributed by atoms with Crippen LogP contribution in [-0.4, -0.2) is 132 Å². The maximum absolute atomic E-state index is 13.3. The smallest absolute Gasteiger partial charge is 0.262 e. The molecule has 0 spiro atoms. The van der Waals surface area contributed by atoms with Gasteiger partial charge >= 0.3 is 0 Å². The van der Waals surface area contributed by atoms with Crippen LogP contribution in [0.4, 0.5) is 11.6 Å². The number of nitriles is 1. The number of ether oxygens (including phenoxy) is 2. The standard InChI is InChI=1S/C46H46ClN9O6/c47-32-20-29(23-48)19-31(21-32)46(27-61-28-46)30-1-4-37(5-2-30)62-26-33-9-12-49-45(50-33)54-17-15-53(16-18-54)34-10-13-52(14-11-34)36-24-55(25-36)35-3-6-38-39(22-35)44(60)56(43(38)59)40-7-8-41(57)51-42(40)58/h1-6,9,12,19-22,34,36,40H,7-8,10-11,13-18,24-28H2,(H,51,57,58). The van der Waals surface area contributed by atoms with Gasteiger partial charge in [0.2, 0.25) is 17.8 Å². The van der Waals surface area contributed by atoms with Crippen LogP contribution in [0, 0.1) is 11.3 Å². The van der Waals surface area contributed by atoms with E-state index >= 15 is 0 Å². The van der Waals surface area contributed by atoms with E-state index < -0.39 is 23.8 Å². The molecular weight excluding hydrogens is 810 g/mol. The summed E-state index contributed by atoms with van der Waals surface area (Å²) in [6.45, 7) is 8.77. The highest BCUT2D eigenvalue weighted by molar-refractivity contribution is 6.30. The Labute approximate surface area is 364 Å². The Bertz CT molecular complexity index is 2470. The zero-order chi connectivity index (χ0) is 42.5. The zero-order valence-electron chi connectivity index (χ0n) is 34.2. The molecule has 0 bridgehead atoms. The number of amides is 4. The molecule has 4 amide bonds. The number of rotatable bonds is 10. The van der Waals surface area contributed by atoms with Gasteiger partial charge in [0.1, 0.15) is 18.4 Å². The number of carbonyl (C=O) groups excluding carboxylic acids is 4. The molecule has 5 saturated heterocycles. The maximum Gasteiger partial charge on any atom is 0.262 e. The molecule has 318 valence electrons. The Kier molecular flexibility index (Phi) is 10.6. The van der Waals surface area contributed by atoms with Crippen LogP contribution in [0.15, 0.2) is 72.9 Å². The Morgan fingerprint density at radius 2 is 1.55 bits per heavy atom. The maximum atomic E-state index is 13.3. The summed E-state index contributed by atoms with van der Waals surface area (Å²) in [4.78, 5) is 70.7. The van der Waals surface area contributed by atoms with Crippen molar-refractivity contribution in [2.45, 2.75) is 55.8 Å². The first-order valence-corrected chi connectivity index (χ1v) is 21.7. The van der Waals surface area contributed by atoms with Crippen molar-refractivity contribution in [3.63, 3.8) is 0 Å². The number of piperidine rings is 2. The molecule has 6 aliphatic rings. The number of nitrogens with one attached hydrogen (secondary N) is 1. The number of likely N-dealkylation sites (tertiary alicyclic amines) is 1. The third kappa shape index (κ3) is 7.44. The summed E-state index contributed by atoms with van der Waals surface area (Å²) in [7, 11) is 0. The largest absolute Gasteiger partial charge is 0.487 e. The quantitative estimate of drug-likeness (QED) is 0.230. The fourth-order valence-corrected chi connectivity index (χ4v) is 10.1. The van der Waals surface area contributed by atoms with E-state index in [1.54, 1.807) is 24.4 Å². The second-order valence-corrected chi connectivity index (χ2v) is 17.5. The molecule has 1 aromatic heterocycles. The summed E-state index contributed by atoms with van der Waals surface area (Å²) in [5.41, 5.74) is 4.56. The number of fused-ring (bicyclic) bond motifs is 1. The van der Waals surface area contributed by atoms with Gasteiger partial charge in [0, 0.05) is 87.8 Å². The van der Waals surface area contributed by atoms with E-state index in [0.717, 1.165) is 104 Å². The molecule has 3 aromatic carbocycles. The average Bonchev–Trinajstić information content (AvgIpc) is 3.50. The SMILES string of the molecule is N#Cc1cc(Cl)cc(C2(c3ccc(OCc4ccnc(N5CCN(C6CCN(C7CN(c8ccc9c(c8)C(=O)N(C8CCC(=O)NC8=O)C9=O)C7)CC6)CC5)n4)cc3)COC2)c1. The lowest BCUT2D eigenvalue weighted by Gasteiger charge is -2.50. The van der Waals surface area contributed by atoms with Crippen molar-refractivity contribution in [3.8, 4) is 11.8 Å². The van der Waals surface area contributed by atoms with Gasteiger partial charge in [-0.1, -0.05) is 23.7 Å². The highest BCUT2D eigenvalue weighted by atomic mass is 35.5. The second-order valence-electron chi connectivity index (χ2n) is 17.1. The number of aromatic nitrogens is 2. The number of halogens is 1. The van der Waals surface area contributed by atoms with Crippen molar-refractivity contribution in [1.29, 1.82) is 5.26 Å². The molecule has 1 unspecified atom stereocenters. The summed E-state index contributed by atoms with van der Waals surface area (Å²) < 4.78 is 11.8. The minimum Gasteiger partial charge on any atom is -0.487 e. The zero-order valence-corrected chi connectivity index (χ0v) is 34.9. The predicted molar refractivity (Wildman–Crippen MR) is 228 cm³/mol. The lowest BCUT2D eigenvalue weighted by molar-refractivity contribution is -0.136. The molecule has 1 atom stereocenters. The average molecular weight is 856 g/mol. The molecule has 62 heavy (non-hydrogen) atoms. The highest BCUT2D eigenvalue weighted by Gasteiger charge is 2.46. The summed E-state index contributed by atoms with van der Waals surface area (Å²) in [5, 5.41) is 12.3. The van der Waals surface area contributed by atoms with Gasteiger partial charge < -0.3 is 19.3 Å². The van der Waals surface area contributed by atoms with E-state index in [-0.39, 0.29) is 24.2 Å². The monoisotopic (exact) mass is 855 g/mol. The number of imide groups is 2. The first-order chi connectivity index (χ1) is 30.2. The van der Waals surface area contributed by atoms with E-state index in [2.05, 4.69) is 48.1 Å². The van der Waals surface area contributed by atoms with Crippen molar-refractivity contribution < 1.29 is 28.7 Å². The summed E-state index contributed by atoms with van der Waals surface area (Å²) in [5.74, 6) is -0.492. The number of piperazine rings is 1. The topological polar surface area (TPSA) is 165 Å². The Hall–Kier alpha value is -5.92. The Morgan fingerprint density at radius 3 is 2.26 bits per heavy atom. The Balaban J connectivity index is 0.673. The van der Waals surface area contributed by atoms with E-state index in [9.17, 15) is 24.4 Å². The molecule has 0 radical (unpaired) electrons. The molecule has 0 aliphatic carbocycles. The number of hydrogen-bond acceptors (Lipinski definition) is 13. The third-order valence-electron chi connectivity index (χ3n) is 13.6. The van der Waals surface area contributed by atoms with Gasteiger partial charge in [-0.15, -0.1) is 0 Å². The van der Waals surface area contributed by atoms with E-state index in [1.807, 2.05) is 36.4 Å². The minimum atomic E-state index is -0.968. The fraction of sp³-hybridized carbons (Fsp3) is 0.413. The van der Waals surface area contributed by atoms with E-state index in [1.165, 1.54) is 0 Å². The van der Waals surface area contributed by atoms with Crippen LogP contribution < -0.4 is 19.9 Å². The van der Waals surface area contributed by atoms with Gasteiger partial charge in [0.25, 0.3) is 11.8 Å². The summed E-state index contributed by atoms with van der Waals surface area (Å²) in [6, 6.07) is 22.9. The number of hydrogen-bond donors (Lipinski definition) is 1. The predicted octanol–water partition coefficient (Wildman–Crippen LogP) is 3.77. The molecule has 0 saturated carbocycles. The third-order valence-corrected chi connectivity index (χ3v) is 13.8. The molecule has 7 heterocycles. The second kappa shape index (κ2) is 16.4.